The summed E-state index contributed by atoms with van der Waals surface area (Å²) in [5.41, 5.74) is 0. The second kappa shape index (κ2) is 5.52. The molecule has 3 heteroatoms. The molecule has 0 aromatic heterocycles. The average Bonchev–Trinajstić information content (AvgIpc) is 2.02. The number of likely N-dealkylation sites (N-methyl/N-ethyl adjacent to an activating group) is 1. The molecule has 68 valence electrons. The van der Waals surface area contributed by atoms with Crippen LogP contribution in [0.4, 0.5) is 0 Å². The minimum Gasteiger partial charge on any atom is -0.390 e. The molecule has 0 aromatic carbocycles. The maximum absolute atomic E-state index is 9.33. The van der Waals surface area contributed by atoms with E-state index in [2.05, 4.69) is 0 Å². The third-order valence-corrected chi connectivity index (χ3v) is 1.90. The standard InChI is InChI=1S/C8H19NO2/c1-4-7(10)8(11)6-9(3)5-2/h7-8,10-11H,4-6H2,1-3H3. The first kappa shape index (κ1) is 10.9. The normalized spacial score (nSPS) is 16.9. The van der Waals surface area contributed by atoms with Crippen LogP contribution in [0.3, 0.4) is 0 Å². The van der Waals surface area contributed by atoms with Crippen LogP contribution in [0.25, 0.3) is 0 Å². The third kappa shape index (κ3) is 4.35. The minimum atomic E-state index is -0.607. The predicted octanol–water partition coefficient (Wildman–Crippen LogP) is 0.0699. The maximum Gasteiger partial charge on any atom is 0.0925 e. The lowest BCUT2D eigenvalue weighted by atomic mass is 10.1. The summed E-state index contributed by atoms with van der Waals surface area (Å²) in [6.07, 6.45) is -0.576. The van der Waals surface area contributed by atoms with Gasteiger partial charge in [0.1, 0.15) is 0 Å². The molecule has 0 aliphatic heterocycles. The van der Waals surface area contributed by atoms with Crippen LogP contribution in [-0.4, -0.2) is 47.5 Å². The summed E-state index contributed by atoms with van der Waals surface area (Å²) in [6, 6.07) is 0. The Balaban J connectivity index is 3.58. The van der Waals surface area contributed by atoms with Crippen molar-refractivity contribution in [2.24, 2.45) is 0 Å². The zero-order valence-corrected chi connectivity index (χ0v) is 7.62. The van der Waals surface area contributed by atoms with E-state index in [1.807, 2.05) is 25.8 Å². The molecule has 0 heterocycles. The first-order valence-electron chi connectivity index (χ1n) is 4.16. The topological polar surface area (TPSA) is 43.7 Å². The number of rotatable bonds is 5. The van der Waals surface area contributed by atoms with Gasteiger partial charge in [-0.15, -0.1) is 0 Å². The molecule has 0 radical (unpaired) electrons. The Kier molecular flexibility index (Phi) is 5.46. The Bertz CT molecular complexity index is 98.1. The van der Waals surface area contributed by atoms with Gasteiger partial charge in [-0.05, 0) is 20.0 Å². The minimum absolute atomic E-state index is 0.547. The number of aliphatic hydroxyl groups excluding tert-OH is 2. The van der Waals surface area contributed by atoms with Crippen molar-refractivity contribution in [1.29, 1.82) is 0 Å². The lowest BCUT2D eigenvalue weighted by Gasteiger charge is -2.21. The van der Waals surface area contributed by atoms with E-state index in [0.717, 1.165) is 6.54 Å². The second-order valence-corrected chi connectivity index (χ2v) is 2.90. The zero-order chi connectivity index (χ0) is 8.85. The van der Waals surface area contributed by atoms with Gasteiger partial charge in [0.15, 0.2) is 0 Å². The van der Waals surface area contributed by atoms with Crippen molar-refractivity contribution in [3.8, 4) is 0 Å². The maximum atomic E-state index is 9.33. The molecular formula is C8H19NO2. The van der Waals surface area contributed by atoms with E-state index in [1.54, 1.807) is 0 Å². The smallest absolute Gasteiger partial charge is 0.0925 e. The van der Waals surface area contributed by atoms with Gasteiger partial charge in [0.05, 0.1) is 12.2 Å². The summed E-state index contributed by atoms with van der Waals surface area (Å²) in [5.74, 6) is 0. The molecule has 0 fully saturated rings. The highest BCUT2D eigenvalue weighted by Gasteiger charge is 2.14. The Morgan fingerprint density at radius 3 is 2.09 bits per heavy atom. The summed E-state index contributed by atoms with van der Waals surface area (Å²) < 4.78 is 0. The van der Waals surface area contributed by atoms with Crippen molar-refractivity contribution in [3.05, 3.63) is 0 Å². The first-order valence-corrected chi connectivity index (χ1v) is 4.16. The van der Waals surface area contributed by atoms with Gasteiger partial charge in [0, 0.05) is 6.54 Å². The summed E-state index contributed by atoms with van der Waals surface area (Å²) in [5, 5.41) is 18.5. The Morgan fingerprint density at radius 1 is 1.18 bits per heavy atom. The fourth-order valence-corrected chi connectivity index (χ4v) is 0.842. The highest BCUT2D eigenvalue weighted by atomic mass is 16.3. The van der Waals surface area contributed by atoms with Gasteiger partial charge in [-0.2, -0.15) is 0 Å². The molecule has 3 nitrogen and oxygen atoms in total. The van der Waals surface area contributed by atoms with E-state index in [-0.39, 0.29) is 0 Å². The molecular weight excluding hydrogens is 142 g/mol. The van der Waals surface area contributed by atoms with E-state index in [4.69, 9.17) is 0 Å². The highest BCUT2D eigenvalue weighted by molar-refractivity contribution is 4.68. The molecule has 0 spiro atoms. The monoisotopic (exact) mass is 161 g/mol. The molecule has 0 rings (SSSR count). The van der Waals surface area contributed by atoms with Crippen LogP contribution in [0.2, 0.25) is 0 Å². The zero-order valence-electron chi connectivity index (χ0n) is 7.62. The third-order valence-electron chi connectivity index (χ3n) is 1.90. The van der Waals surface area contributed by atoms with E-state index >= 15 is 0 Å². The van der Waals surface area contributed by atoms with Crippen LogP contribution in [-0.2, 0) is 0 Å². The van der Waals surface area contributed by atoms with Gasteiger partial charge >= 0.3 is 0 Å². The first-order chi connectivity index (χ1) is 5.11. The SMILES string of the molecule is CCC(O)C(O)CN(C)CC. The van der Waals surface area contributed by atoms with Crippen LogP contribution in [0, 0.1) is 0 Å². The van der Waals surface area contributed by atoms with Crippen molar-refractivity contribution in [1.82, 2.24) is 4.90 Å². The lowest BCUT2D eigenvalue weighted by molar-refractivity contribution is 0.00108. The molecule has 0 bridgehead atoms. The molecule has 11 heavy (non-hydrogen) atoms. The number of hydrogen-bond acceptors (Lipinski definition) is 3. The van der Waals surface area contributed by atoms with E-state index in [9.17, 15) is 10.2 Å². The summed E-state index contributed by atoms with van der Waals surface area (Å²) in [6.45, 7) is 5.32. The van der Waals surface area contributed by atoms with Crippen molar-refractivity contribution >= 4 is 0 Å². The van der Waals surface area contributed by atoms with Crippen molar-refractivity contribution in [2.75, 3.05) is 20.1 Å². The van der Waals surface area contributed by atoms with Gasteiger partial charge in [-0.3, -0.25) is 0 Å². The molecule has 2 unspecified atom stereocenters. The molecule has 2 atom stereocenters. The molecule has 0 aliphatic rings. The molecule has 0 saturated heterocycles. The predicted molar refractivity (Wildman–Crippen MR) is 45.5 cm³/mol. The van der Waals surface area contributed by atoms with Crippen LogP contribution in [0.5, 0.6) is 0 Å². The molecule has 0 aromatic rings. The Hall–Kier alpha value is -0.120. The van der Waals surface area contributed by atoms with Crippen LogP contribution < -0.4 is 0 Å². The summed E-state index contributed by atoms with van der Waals surface area (Å²) in [7, 11) is 1.92. The van der Waals surface area contributed by atoms with Gasteiger partial charge in [-0.1, -0.05) is 13.8 Å². The van der Waals surface area contributed by atoms with Crippen LogP contribution in [0.1, 0.15) is 20.3 Å². The summed E-state index contributed by atoms with van der Waals surface area (Å²) >= 11 is 0. The van der Waals surface area contributed by atoms with Crippen molar-refractivity contribution in [2.45, 2.75) is 32.5 Å². The van der Waals surface area contributed by atoms with E-state index < -0.39 is 12.2 Å². The molecule has 0 aliphatic carbocycles. The van der Waals surface area contributed by atoms with Crippen LogP contribution in [0.15, 0.2) is 0 Å². The second-order valence-electron chi connectivity index (χ2n) is 2.90. The number of nitrogens with zero attached hydrogens (tertiary/aromatic N) is 1. The fraction of sp³-hybridized carbons (Fsp3) is 1.00. The van der Waals surface area contributed by atoms with Gasteiger partial charge in [-0.25, -0.2) is 0 Å². The number of hydrogen-bond donors (Lipinski definition) is 2. The van der Waals surface area contributed by atoms with E-state index in [1.165, 1.54) is 0 Å². The molecule has 2 N–H and O–H groups in total. The Morgan fingerprint density at radius 2 is 1.73 bits per heavy atom. The number of aliphatic hydroxyl groups is 2. The van der Waals surface area contributed by atoms with Gasteiger partial charge < -0.3 is 15.1 Å². The lowest BCUT2D eigenvalue weighted by Crippen LogP contribution is -2.36. The molecule has 0 amide bonds. The van der Waals surface area contributed by atoms with Crippen molar-refractivity contribution in [3.63, 3.8) is 0 Å². The van der Waals surface area contributed by atoms with Crippen LogP contribution >= 0.6 is 0 Å². The fourth-order valence-electron chi connectivity index (χ4n) is 0.842. The largest absolute Gasteiger partial charge is 0.390 e. The van der Waals surface area contributed by atoms with Gasteiger partial charge in [0.2, 0.25) is 0 Å². The van der Waals surface area contributed by atoms with Crippen molar-refractivity contribution < 1.29 is 10.2 Å². The quantitative estimate of drug-likeness (QED) is 0.599. The average molecular weight is 161 g/mol. The van der Waals surface area contributed by atoms with Gasteiger partial charge in [0.25, 0.3) is 0 Å². The highest BCUT2D eigenvalue weighted by Crippen LogP contribution is 1.99. The Labute approximate surface area is 68.6 Å². The summed E-state index contributed by atoms with van der Waals surface area (Å²) in [4.78, 5) is 1.98. The van der Waals surface area contributed by atoms with E-state index in [0.29, 0.717) is 13.0 Å². The molecule has 0 saturated carbocycles.